The van der Waals surface area contributed by atoms with Gasteiger partial charge in [0.1, 0.15) is 17.6 Å². The van der Waals surface area contributed by atoms with Crippen molar-refractivity contribution in [1.29, 1.82) is 0 Å². The van der Waals surface area contributed by atoms with Crippen LogP contribution in [-0.2, 0) is 11.3 Å². The topological polar surface area (TPSA) is 60.2 Å². The molecule has 0 bridgehead atoms. The Hall–Kier alpha value is -2.04. The van der Waals surface area contributed by atoms with Crippen molar-refractivity contribution in [1.82, 2.24) is 4.98 Å². The lowest BCUT2D eigenvalue weighted by Gasteiger charge is -2.06. The Balaban J connectivity index is 1.94. The summed E-state index contributed by atoms with van der Waals surface area (Å²) in [7, 11) is 0. The summed E-state index contributed by atoms with van der Waals surface area (Å²) in [6.07, 6.45) is 0.176. The summed E-state index contributed by atoms with van der Waals surface area (Å²) in [6.45, 7) is 2.35. The van der Waals surface area contributed by atoms with Crippen LogP contribution in [-0.4, -0.2) is 29.1 Å². The van der Waals surface area contributed by atoms with Gasteiger partial charge in [0, 0.05) is 0 Å². The first-order valence-electron chi connectivity index (χ1n) is 5.73. The number of rotatable bonds is 3. The van der Waals surface area contributed by atoms with E-state index in [9.17, 15) is 4.79 Å². The van der Waals surface area contributed by atoms with Crippen LogP contribution in [0.5, 0.6) is 0 Å². The normalized spacial score (nSPS) is 14.2. The first-order valence-corrected chi connectivity index (χ1v) is 5.73. The van der Waals surface area contributed by atoms with Crippen molar-refractivity contribution < 1.29 is 14.5 Å². The molecule has 0 unspecified atom stereocenters. The van der Waals surface area contributed by atoms with Crippen molar-refractivity contribution in [3.63, 3.8) is 0 Å². The van der Waals surface area contributed by atoms with Crippen molar-refractivity contribution in [3.8, 4) is 0 Å². The number of nitrogens with zero attached hydrogens (tertiary/aromatic N) is 2. The number of carboxylic acids is 1. The minimum atomic E-state index is -0.750. The molecule has 2 N–H and O–H groups in total. The maximum absolute atomic E-state index is 10.6. The van der Waals surface area contributed by atoms with Gasteiger partial charge in [0.25, 0.3) is 0 Å². The number of imidazole rings is 1. The quantitative estimate of drug-likeness (QED) is 0.768. The van der Waals surface area contributed by atoms with E-state index in [2.05, 4.69) is 20.5 Å². The van der Waals surface area contributed by atoms with Crippen LogP contribution in [0.25, 0.3) is 11.0 Å². The monoisotopic (exact) mass is 232 g/mol. The van der Waals surface area contributed by atoms with Crippen LogP contribution in [0.1, 0.15) is 6.42 Å². The zero-order valence-corrected chi connectivity index (χ0v) is 9.39. The summed E-state index contributed by atoms with van der Waals surface area (Å²) in [5.74, 6) is 0.270. The average Bonchev–Trinajstić information content (AvgIpc) is 2.85. The second kappa shape index (κ2) is 3.76. The molecule has 0 saturated heterocycles. The van der Waals surface area contributed by atoms with Crippen molar-refractivity contribution >= 4 is 23.0 Å². The van der Waals surface area contributed by atoms with Gasteiger partial charge in [-0.15, -0.1) is 0 Å². The molecule has 0 spiro atoms. The number of fused-ring (bicyclic) bond motifs is 3. The molecule has 3 rings (SSSR count). The van der Waals surface area contributed by atoms with Crippen LogP contribution < -0.4 is 9.47 Å². The number of carbonyl (C=O) groups is 1. The summed E-state index contributed by atoms with van der Waals surface area (Å²) < 4.78 is 2.21. The summed E-state index contributed by atoms with van der Waals surface area (Å²) in [5, 5.41) is 8.72. The third-order valence-electron chi connectivity index (χ3n) is 3.19. The van der Waals surface area contributed by atoms with Crippen molar-refractivity contribution in [2.75, 3.05) is 18.0 Å². The third kappa shape index (κ3) is 1.63. The van der Waals surface area contributed by atoms with Gasteiger partial charge in [-0.2, -0.15) is 0 Å². The van der Waals surface area contributed by atoms with Gasteiger partial charge in [-0.3, -0.25) is 9.69 Å². The fourth-order valence-electron chi connectivity index (χ4n) is 2.37. The van der Waals surface area contributed by atoms with Crippen molar-refractivity contribution in [2.24, 2.45) is 0 Å². The average molecular weight is 232 g/mol. The molecule has 0 aliphatic carbocycles. The first-order chi connectivity index (χ1) is 8.25. The fraction of sp³-hybridized carbons (Fsp3) is 0.333. The van der Waals surface area contributed by atoms with Crippen LogP contribution >= 0.6 is 0 Å². The van der Waals surface area contributed by atoms with E-state index in [1.54, 1.807) is 0 Å². The molecule has 17 heavy (non-hydrogen) atoms. The van der Waals surface area contributed by atoms with Crippen molar-refractivity contribution in [2.45, 2.75) is 13.0 Å². The second-order valence-electron chi connectivity index (χ2n) is 4.25. The predicted molar refractivity (Wildman–Crippen MR) is 63.0 cm³/mol. The standard InChI is InChI=1S/C12H13N3O2/c16-11(17)5-6-14-7-8-15-10-4-2-1-3-9(10)13-12(14)15/h1-4H,5-8H2,(H,16,17)/p+1. The second-order valence-corrected chi connectivity index (χ2v) is 4.25. The van der Waals surface area contributed by atoms with E-state index in [0.29, 0.717) is 6.54 Å². The minimum absolute atomic E-state index is 0.176. The number of carboxylic acid groups (broad SMARTS) is 1. The number of benzene rings is 1. The molecule has 88 valence electrons. The molecule has 0 fully saturated rings. The van der Waals surface area contributed by atoms with Crippen LogP contribution in [0.4, 0.5) is 5.95 Å². The number of aromatic nitrogens is 2. The molecule has 2 aromatic rings. The summed E-state index contributed by atoms with van der Waals surface area (Å²) in [5.41, 5.74) is 2.28. The number of hydrogen-bond acceptors (Lipinski definition) is 2. The number of H-pyrrole nitrogens is 1. The lowest BCUT2D eigenvalue weighted by atomic mass is 10.3. The van der Waals surface area contributed by atoms with Crippen LogP contribution in [0.3, 0.4) is 0 Å². The Kier molecular flexibility index (Phi) is 2.24. The van der Waals surface area contributed by atoms with Crippen LogP contribution in [0.15, 0.2) is 24.3 Å². The summed E-state index contributed by atoms with van der Waals surface area (Å²) in [4.78, 5) is 16.0. The fourth-order valence-corrected chi connectivity index (χ4v) is 2.37. The lowest BCUT2D eigenvalue weighted by Crippen LogP contribution is -2.29. The molecule has 1 aliphatic heterocycles. The Bertz CT molecular complexity index is 576. The highest BCUT2D eigenvalue weighted by atomic mass is 16.4. The zero-order chi connectivity index (χ0) is 11.8. The zero-order valence-electron chi connectivity index (χ0n) is 9.39. The molecule has 1 aliphatic rings. The number of aliphatic carboxylic acids is 1. The maximum atomic E-state index is 10.6. The van der Waals surface area contributed by atoms with E-state index >= 15 is 0 Å². The van der Waals surface area contributed by atoms with Gasteiger partial charge in [0.15, 0.2) is 0 Å². The highest BCUT2D eigenvalue weighted by molar-refractivity contribution is 5.73. The molecule has 5 nitrogen and oxygen atoms in total. The van der Waals surface area contributed by atoms with Crippen molar-refractivity contribution in [3.05, 3.63) is 24.3 Å². The van der Waals surface area contributed by atoms with E-state index in [0.717, 1.165) is 24.6 Å². The molecule has 0 radical (unpaired) electrons. The molecule has 0 atom stereocenters. The largest absolute Gasteiger partial charge is 0.481 e. The molecule has 5 heteroatoms. The summed E-state index contributed by atoms with van der Waals surface area (Å²) >= 11 is 0. The van der Waals surface area contributed by atoms with Crippen LogP contribution in [0.2, 0.25) is 0 Å². The highest BCUT2D eigenvalue weighted by Gasteiger charge is 2.30. The van der Waals surface area contributed by atoms with Gasteiger partial charge in [-0.1, -0.05) is 12.1 Å². The smallest absolute Gasteiger partial charge is 0.358 e. The van der Waals surface area contributed by atoms with Gasteiger partial charge in [0.05, 0.1) is 19.5 Å². The van der Waals surface area contributed by atoms with Gasteiger partial charge in [-0.25, -0.2) is 9.55 Å². The third-order valence-corrected chi connectivity index (χ3v) is 3.19. The van der Waals surface area contributed by atoms with E-state index in [1.807, 2.05) is 18.2 Å². The Morgan fingerprint density at radius 1 is 1.47 bits per heavy atom. The molecule has 1 aromatic carbocycles. The Labute approximate surface area is 98.3 Å². The molecule has 2 heterocycles. The van der Waals surface area contributed by atoms with Crippen LogP contribution in [0, 0.1) is 0 Å². The molecular weight excluding hydrogens is 218 g/mol. The minimum Gasteiger partial charge on any atom is -0.481 e. The number of para-hydroxylation sites is 2. The van der Waals surface area contributed by atoms with E-state index in [4.69, 9.17) is 5.11 Å². The number of nitrogens with one attached hydrogen (secondary N) is 1. The van der Waals surface area contributed by atoms with E-state index < -0.39 is 5.97 Å². The Morgan fingerprint density at radius 2 is 2.29 bits per heavy atom. The van der Waals surface area contributed by atoms with Gasteiger partial charge < -0.3 is 5.11 Å². The molecule has 0 amide bonds. The maximum Gasteiger partial charge on any atom is 0.358 e. The molecule has 0 saturated carbocycles. The van der Waals surface area contributed by atoms with Gasteiger partial charge in [-0.05, 0) is 12.1 Å². The first kappa shape index (κ1) is 10.1. The predicted octanol–water partition coefficient (Wildman–Crippen LogP) is 0.750. The number of anilines is 1. The SMILES string of the molecule is O=C(O)CCN1CC[n+]2c1[nH]c1ccccc12. The summed E-state index contributed by atoms with van der Waals surface area (Å²) in [6, 6.07) is 8.13. The number of hydrogen-bond donors (Lipinski definition) is 2. The number of aromatic amines is 1. The molecule has 1 aromatic heterocycles. The van der Waals surface area contributed by atoms with E-state index in [1.165, 1.54) is 5.52 Å². The van der Waals surface area contributed by atoms with E-state index in [-0.39, 0.29) is 6.42 Å². The van der Waals surface area contributed by atoms with Gasteiger partial charge in [0.2, 0.25) is 0 Å². The molecular formula is C12H14N3O2+. The van der Waals surface area contributed by atoms with Gasteiger partial charge >= 0.3 is 11.9 Å². The highest BCUT2D eigenvalue weighted by Crippen LogP contribution is 2.19. The lowest BCUT2D eigenvalue weighted by molar-refractivity contribution is -0.644. The Morgan fingerprint density at radius 3 is 3.12 bits per heavy atom.